The number of thioether (sulfide) groups is 1. The molecule has 150 valence electrons. The second-order valence-electron chi connectivity index (χ2n) is 4.49. The first-order valence-corrected chi connectivity index (χ1v) is 10.7. The normalized spacial score (nSPS) is 11.3. The van der Waals surface area contributed by atoms with Gasteiger partial charge in [-0.25, -0.2) is 0 Å². The lowest BCUT2D eigenvalue weighted by Gasteiger charge is -2.28. The first-order valence-electron chi connectivity index (χ1n) is 9.78. The number of allylic oxidation sites excluding steroid dienone is 1. The second kappa shape index (κ2) is 21.8. The Balaban J connectivity index is -0.000000795. The van der Waals surface area contributed by atoms with Gasteiger partial charge in [-0.15, -0.1) is 11.8 Å². The zero-order valence-electron chi connectivity index (χ0n) is 18.4. The van der Waals surface area contributed by atoms with Crippen LogP contribution in [0.3, 0.4) is 0 Å². The molecule has 0 amide bonds. The molecule has 1 aromatic rings. The van der Waals surface area contributed by atoms with Gasteiger partial charge in [0.05, 0.1) is 6.17 Å². The van der Waals surface area contributed by atoms with Gasteiger partial charge in [0.25, 0.3) is 0 Å². The molecule has 1 aromatic carbocycles. The molecule has 2 nitrogen and oxygen atoms in total. The van der Waals surface area contributed by atoms with Crippen LogP contribution in [0, 0.1) is 0 Å². The topological polar surface area (TPSA) is 29.3 Å². The first kappa shape index (κ1) is 29.5. The van der Waals surface area contributed by atoms with Crippen molar-refractivity contribution in [3.63, 3.8) is 0 Å². The van der Waals surface area contributed by atoms with Crippen LogP contribution in [-0.4, -0.2) is 18.0 Å². The Kier molecular flexibility index (Phi) is 24.7. The summed E-state index contributed by atoms with van der Waals surface area (Å²) in [6, 6.07) is 10.2. The molecule has 2 N–H and O–H groups in total. The fraction of sp³-hybridized carbons (Fsp3) is 0.478. The molecule has 1 atom stereocenters. The number of hydrogen-bond donors (Lipinski definition) is 1. The molecule has 0 saturated carbocycles. The van der Waals surface area contributed by atoms with Crippen molar-refractivity contribution in [3.8, 4) is 0 Å². The molecule has 0 heterocycles. The molecule has 0 unspecified atom stereocenters. The monoisotopic (exact) mass is 378 g/mol. The van der Waals surface area contributed by atoms with Gasteiger partial charge in [-0.05, 0) is 34.9 Å². The molecule has 0 aromatic heterocycles. The first-order chi connectivity index (χ1) is 12.6. The van der Waals surface area contributed by atoms with Crippen LogP contribution in [0.4, 0.5) is 0 Å². The third kappa shape index (κ3) is 12.1. The molecule has 26 heavy (non-hydrogen) atoms. The summed E-state index contributed by atoms with van der Waals surface area (Å²) >= 11 is 1.63. The van der Waals surface area contributed by atoms with E-state index in [0.717, 1.165) is 18.7 Å². The van der Waals surface area contributed by atoms with Gasteiger partial charge < -0.3 is 5.73 Å². The molecule has 3 heteroatoms. The maximum Gasteiger partial charge on any atom is 0.0838 e. The zero-order chi connectivity index (χ0) is 21.0. The smallest absolute Gasteiger partial charge is 0.0838 e. The number of benzene rings is 1. The Morgan fingerprint density at radius 3 is 1.96 bits per heavy atom. The Hall–Kier alpha value is -1.29. The minimum atomic E-state index is -0.0994. The third-order valence-electron chi connectivity index (χ3n) is 3.27. The van der Waals surface area contributed by atoms with Crippen LogP contribution in [0.15, 0.2) is 65.5 Å². The Labute approximate surface area is 168 Å². The van der Waals surface area contributed by atoms with E-state index in [1.54, 1.807) is 11.8 Å². The second-order valence-corrected chi connectivity index (χ2v) is 5.67. The fourth-order valence-corrected chi connectivity index (χ4v) is 2.56. The van der Waals surface area contributed by atoms with Gasteiger partial charge in [-0.2, -0.15) is 0 Å². The highest BCUT2D eigenvalue weighted by Crippen LogP contribution is 2.23. The van der Waals surface area contributed by atoms with Gasteiger partial charge >= 0.3 is 0 Å². The van der Waals surface area contributed by atoms with Gasteiger partial charge in [0, 0.05) is 6.54 Å². The van der Waals surface area contributed by atoms with E-state index in [2.05, 4.69) is 44.0 Å². The van der Waals surface area contributed by atoms with Gasteiger partial charge in [0.15, 0.2) is 0 Å². The maximum absolute atomic E-state index is 6.37. The fourth-order valence-electron chi connectivity index (χ4n) is 2.01. The molecule has 0 radical (unpaired) electrons. The van der Waals surface area contributed by atoms with Gasteiger partial charge in [0.1, 0.15) is 0 Å². The standard InChI is InChI=1S/C17H24N2S.3C2H6/c1-5-15(14(4)20-7-3)13-19(6-2)17(18)16-11-9-8-10-12-16;3*1-2/h5,7-12,17H,1,3,6,13,18H2,2,4H3;3*1-2H3/b15-14+;;;/t17-;;;/m1.../s1. The number of nitrogens with zero attached hydrogens (tertiary/aromatic N) is 1. The van der Waals surface area contributed by atoms with E-state index in [1.165, 1.54) is 10.5 Å². The van der Waals surface area contributed by atoms with Crippen LogP contribution in [-0.2, 0) is 0 Å². The lowest BCUT2D eigenvalue weighted by atomic mass is 10.1. The summed E-state index contributed by atoms with van der Waals surface area (Å²) < 4.78 is 0. The van der Waals surface area contributed by atoms with Crippen molar-refractivity contribution in [2.45, 2.75) is 61.6 Å². The van der Waals surface area contributed by atoms with Crippen LogP contribution in [0.2, 0.25) is 0 Å². The van der Waals surface area contributed by atoms with Crippen LogP contribution in [0.5, 0.6) is 0 Å². The van der Waals surface area contributed by atoms with Gasteiger partial charge in [-0.3, -0.25) is 4.90 Å². The Morgan fingerprint density at radius 2 is 1.58 bits per heavy atom. The molecule has 0 aliphatic carbocycles. The Bertz CT molecular complexity index is 466. The molecular formula is C23H42N2S. The number of hydrogen-bond acceptors (Lipinski definition) is 3. The highest BCUT2D eigenvalue weighted by molar-refractivity contribution is 8.05. The Morgan fingerprint density at radius 1 is 1.08 bits per heavy atom. The lowest BCUT2D eigenvalue weighted by Crippen LogP contribution is -2.35. The third-order valence-corrected chi connectivity index (χ3v) is 4.06. The van der Waals surface area contributed by atoms with Crippen molar-refractivity contribution in [1.29, 1.82) is 0 Å². The molecule has 0 aliphatic rings. The molecule has 0 fully saturated rings. The summed E-state index contributed by atoms with van der Waals surface area (Å²) in [5.41, 5.74) is 8.70. The highest BCUT2D eigenvalue weighted by atomic mass is 32.2. The van der Waals surface area contributed by atoms with Gasteiger partial charge in [0.2, 0.25) is 0 Å². The largest absolute Gasteiger partial charge is 0.312 e. The van der Waals surface area contributed by atoms with E-state index in [-0.39, 0.29) is 6.17 Å². The van der Waals surface area contributed by atoms with E-state index in [4.69, 9.17) is 5.73 Å². The minimum absolute atomic E-state index is 0.0994. The maximum atomic E-state index is 6.37. The summed E-state index contributed by atoms with van der Waals surface area (Å²) in [7, 11) is 0. The van der Waals surface area contributed by atoms with Crippen LogP contribution in [0.1, 0.15) is 67.1 Å². The molecule has 0 aliphatic heterocycles. The van der Waals surface area contributed by atoms with E-state index in [1.807, 2.05) is 71.2 Å². The van der Waals surface area contributed by atoms with E-state index >= 15 is 0 Å². The molecule has 0 bridgehead atoms. The molecule has 1 rings (SSSR count). The quantitative estimate of drug-likeness (QED) is 0.378. The summed E-state index contributed by atoms with van der Waals surface area (Å²) in [5, 5.41) is 1.84. The summed E-state index contributed by atoms with van der Waals surface area (Å²) in [4.78, 5) is 3.45. The number of rotatable bonds is 8. The minimum Gasteiger partial charge on any atom is -0.312 e. The SMILES string of the molecule is C=CS/C(C)=C(\C=C)CN(CC)[C@@H](N)c1ccccc1.CC.CC.CC. The number of nitrogens with two attached hydrogens (primary N) is 1. The summed E-state index contributed by atoms with van der Waals surface area (Å²) in [5.74, 6) is 0. The highest BCUT2D eigenvalue weighted by Gasteiger charge is 2.15. The van der Waals surface area contributed by atoms with Crippen molar-refractivity contribution in [2.75, 3.05) is 13.1 Å². The zero-order valence-corrected chi connectivity index (χ0v) is 19.2. The van der Waals surface area contributed by atoms with Crippen molar-refractivity contribution in [1.82, 2.24) is 4.90 Å². The number of likely N-dealkylation sites (N-methyl/N-ethyl adjacent to an activating group) is 1. The van der Waals surface area contributed by atoms with Crippen LogP contribution < -0.4 is 5.73 Å². The molecular weight excluding hydrogens is 336 g/mol. The van der Waals surface area contributed by atoms with Crippen molar-refractivity contribution < 1.29 is 0 Å². The van der Waals surface area contributed by atoms with E-state index in [9.17, 15) is 0 Å². The summed E-state index contributed by atoms with van der Waals surface area (Å²) in [6.45, 7) is 25.6. The predicted molar refractivity (Wildman–Crippen MR) is 125 cm³/mol. The van der Waals surface area contributed by atoms with Crippen LogP contribution in [0.25, 0.3) is 0 Å². The molecule has 0 spiro atoms. The predicted octanol–water partition coefficient (Wildman–Crippen LogP) is 7.38. The van der Waals surface area contributed by atoms with E-state index < -0.39 is 0 Å². The van der Waals surface area contributed by atoms with Crippen molar-refractivity contribution >= 4 is 11.8 Å². The average Bonchev–Trinajstić information content (AvgIpc) is 2.73. The van der Waals surface area contributed by atoms with Crippen molar-refractivity contribution in [2.24, 2.45) is 5.73 Å². The van der Waals surface area contributed by atoms with Crippen LogP contribution >= 0.6 is 11.8 Å². The van der Waals surface area contributed by atoms with E-state index in [0.29, 0.717) is 0 Å². The lowest BCUT2D eigenvalue weighted by molar-refractivity contribution is 0.232. The molecule has 0 saturated heterocycles. The van der Waals surface area contributed by atoms with Gasteiger partial charge in [-0.1, -0.05) is 98.0 Å². The van der Waals surface area contributed by atoms with Crippen molar-refractivity contribution in [3.05, 3.63) is 71.0 Å². The average molecular weight is 379 g/mol. The summed E-state index contributed by atoms with van der Waals surface area (Å²) in [6.07, 6.45) is 1.81.